The lowest BCUT2D eigenvalue weighted by Crippen LogP contribution is -2.36. The van der Waals surface area contributed by atoms with Crippen LogP contribution in [0.5, 0.6) is 0 Å². The Morgan fingerprint density at radius 2 is 2.00 bits per heavy atom. The van der Waals surface area contributed by atoms with E-state index in [1.165, 1.54) is 6.42 Å². The fourth-order valence-electron chi connectivity index (χ4n) is 1.54. The Balaban J connectivity index is 3.74. The van der Waals surface area contributed by atoms with Gasteiger partial charge in [-0.15, -0.1) is 6.58 Å². The van der Waals surface area contributed by atoms with E-state index in [4.69, 9.17) is 0 Å². The summed E-state index contributed by atoms with van der Waals surface area (Å²) in [5, 5.41) is 3.43. The van der Waals surface area contributed by atoms with Crippen molar-refractivity contribution in [1.29, 1.82) is 0 Å². The van der Waals surface area contributed by atoms with Gasteiger partial charge in [-0.1, -0.05) is 13.0 Å². The molecule has 0 aliphatic heterocycles. The predicted molar refractivity (Wildman–Crippen MR) is 64.7 cm³/mol. The standard InChI is InChI=1S/C12H26N2/c1-6-9-14(11(3)4)10-8-12(5)13-7-2/h6,11-13H,1,7-10H2,2-5H3. The van der Waals surface area contributed by atoms with E-state index in [0.29, 0.717) is 12.1 Å². The zero-order chi connectivity index (χ0) is 11.0. The Hall–Kier alpha value is -0.340. The highest BCUT2D eigenvalue weighted by atomic mass is 15.1. The summed E-state index contributed by atoms with van der Waals surface area (Å²) in [6.45, 7) is 15.9. The van der Waals surface area contributed by atoms with Gasteiger partial charge in [0.15, 0.2) is 0 Å². The molecule has 0 saturated carbocycles. The van der Waals surface area contributed by atoms with Crippen LogP contribution in [-0.2, 0) is 0 Å². The van der Waals surface area contributed by atoms with Crippen molar-refractivity contribution in [1.82, 2.24) is 10.2 Å². The van der Waals surface area contributed by atoms with Gasteiger partial charge >= 0.3 is 0 Å². The molecular formula is C12H26N2. The van der Waals surface area contributed by atoms with Gasteiger partial charge in [-0.2, -0.15) is 0 Å². The van der Waals surface area contributed by atoms with E-state index < -0.39 is 0 Å². The van der Waals surface area contributed by atoms with Gasteiger partial charge in [-0.05, 0) is 33.7 Å². The van der Waals surface area contributed by atoms with Gasteiger partial charge in [0.05, 0.1) is 0 Å². The molecule has 0 aromatic carbocycles. The van der Waals surface area contributed by atoms with Crippen LogP contribution in [0.4, 0.5) is 0 Å². The highest BCUT2D eigenvalue weighted by Crippen LogP contribution is 2.01. The smallest absolute Gasteiger partial charge is 0.0163 e. The fraction of sp³-hybridized carbons (Fsp3) is 0.833. The van der Waals surface area contributed by atoms with Crippen LogP contribution in [0.2, 0.25) is 0 Å². The van der Waals surface area contributed by atoms with E-state index >= 15 is 0 Å². The molecule has 2 nitrogen and oxygen atoms in total. The van der Waals surface area contributed by atoms with Crippen molar-refractivity contribution in [3.05, 3.63) is 12.7 Å². The first-order valence-corrected chi connectivity index (χ1v) is 5.70. The van der Waals surface area contributed by atoms with Gasteiger partial charge in [-0.3, -0.25) is 4.90 Å². The lowest BCUT2D eigenvalue weighted by atomic mass is 10.2. The monoisotopic (exact) mass is 198 g/mol. The average molecular weight is 198 g/mol. The Labute approximate surface area is 89.4 Å². The van der Waals surface area contributed by atoms with Crippen LogP contribution in [0, 0.1) is 0 Å². The number of hydrogen-bond donors (Lipinski definition) is 1. The second-order valence-corrected chi connectivity index (χ2v) is 4.12. The minimum atomic E-state index is 0.613. The van der Waals surface area contributed by atoms with Gasteiger partial charge in [0.2, 0.25) is 0 Å². The van der Waals surface area contributed by atoms with Crippen LogP contribution in [0.15, 0.2) is 12.7 Å². The van der Waals surface area contributed by atoms with Crippen molar-refractivity contribution in [2.24, 2.45) is 0 Å². The molecule has 0 amide bonds. The summed E-state index contributed by atoms with van der Waals surface area (Å²) in [6.07, 6.45) is 3.19. The van der Waals surface area contributed by atoms with E-state index in [1.54, 1.807) is 0 Å². The molecule has 1 atom stereocenters. The van der Waals surface area contributed by atoms with Crippen LogP contribution in [0.3, 0.4) is 0 Å². The number of rotatable bonds is 8. The molecule has 0 aliphatic carbocycles. The van der Waals surface area contributed by atoms with Gasteiger partial charge in [0, 0.05) is 25.2 Å². The largest absolute Gasteiger partial charge is 0.314 e. The van der Waals surface area contributed by atoms with Gasteiger partial charge in [-0.25, -0.2) is 0 Å². The van der Waals surface area contributed by atoms with Crippen molar-refractivity contribution >= 4 is 0 Å². The molecule has 0 fully saturated rings. The Bertz CT molecular complexity index is 143. The minimum absolute atomic E-state index is 0.613. The Kier molecular flexibility index (Phi) is 7.81. The lowest BCUT2D eigenvalue weighted by molar-refractivity contribution is 0.234. The van der Waals surface area contributed by atoms with E-state index in [1.807, 2.05) is 6.08 Å². The zero-order valence-corrected chi connectivity index (χ0v) is 10.2. The predicted octanol–water partition coefficient (Wildman–Crippen LogP) is 2.27. The van der Waals surface area contributed by atoms with Crippen molar-refractivity contribution < 1.29 is 0 Å². The van der Waals surface area contributed by atoms with Gasteiger partial charge in [0.1, 0.15) is 0 Å². The molecule has 0 aromatic rings. The van der Waals surface area contributed by atoms with Gasteiger partial charge in [0.25, 0.3) is 0 Å². The highest BCUT2D eigenvalue weighted by molar-refractivity contribution is 4.76. The normalized spacial score (nSPS) is 13.6. The molecule has 0 saturated heterocycles. The zero-order valence-electron chi connectivity index (χ0n) is 10.2. The minimum Gasteiger partial charge on any atom is -0.314 e. The van der Waals surface area contributed by atoms with E-state index in [0.717, 1.165) is 19.6 Å². The van der Waals surface area contributed by atoms with Crippen molar-refractivity contribution in [3.63, 3.8) is 0 Å². The summed E-state index contributed by atoms with van der Waals surface area (Å²) >= 11 is 0. The second-order valence-electron chi connectivity index (χ2n) is 4.12. The molecule has 84 valence electrons. The van der Waals surface area contributed by atoms with Crippen LogP contribution in [0.25, 0.3) is 0 Å². The molecule has 0 spiro atoms. The molecule has 2 heteroatoms. The first-order valence-electron chi connectivity index (χ1n) is 5.70. The first-order chi connectivity index (χ1) is 6.61. The molecular weight excluding hydrogens is 172 g/mol. The number of nitrogens with zero attached hydrogens (tertiary/aromatic N) is 1. The van der Waals surface area contributed by atoms with E-state index in [2.05, 4.69) is 44.5 Å². The summed E-state index contributed by atoms with van der Waals surface area (Å²) in [5.74, 6) is 0. The quantitative estimate of drug-likeness (QED) is 0.602. The summed E-state index contributed by atoms with van der Waals surface area (Å²) < 4.78 is 0. The molecule has 0 rings (SSSR count). The molecule has 0 bridgehead atoms. The first kappa shape index (κ1) is 13.7. The van der Waals surface area contributed by atoms with Crippen LogP contribution in [0.1, 0.15) is 34.1 Å². The van der Waals surface area contributed by atoms with Crippen molar-refractivity contribution in [3.8, 4) is 0 Å². The maximum absolute atomic E-state index is 3.79. The fourth-order valence-corrected chi connectivity index (χ4v) is 1.54. The number of hydrogen-bond acceptors (Lipinski definition) is 2. The molecule has 0 aliphatic rings. The lowest BCUT2D eigenvalue weighted by Gasteiger charge is -2.26. The summed E-state index contributed by atoms with van der Waals surface area (Å²) in [7, 11) is 0. The maximum atomic E-state index is 3.79. The summed E-state index contributed by atoms with van der Waals surface area (Å²) in [6, 6.07) is 1.23. The average Bonchev–Trinajstić information content (AvgIpc) is 2.12. The topological polar surface area (TPSA) is 15.3 Å². The third kappa shape index (κ3) is 6.17. The van der Waals surface area contributed by atoms with Gasteiger partial charge < -0.3 is 5.32 Å². The third-order valence-electron chi connectivity index (χ3n) is 2.50. The maximum Gasteiger partial charge on any atom is 0.0163 e. The second kappa shape index (κ2) is 8.01. The van der Waals surface area contributed by atoms with Crippen LogP contribution >= 0.6 is 0 Å². The molecule has 1 N–H and O–H groups in total. The molecule has 0 heterocycles. The Morgan fingerprint density at radius 1 is 1.36 bits per heavy atom. The van der Waals surface area contributed by atoms with Crippen molar-refractivity contribution in [2.45, 2.75) is 46.2 Å². The summed E-state index contributed by atoms with van der Waals surface area (Å²) in [5.41, 5.74) is 0. The van der Waals surface area contributed by atoms with Crippen molar-refractivity contribution in [2.75, 3.05) is 19.6 Å². The van der Waals surface area contributed by atoms with Crippen LogP contribution < -0.4 is 5.32 Å². The third-order valence-corrected chi connectivity index (χ3v) is 2.50. The van der Waals surface area contributed by atoms with Crippen LogP contribution in [-0.4, -0.2) is 36.6 Å². The van der Waals surface area contributed by atoms with E-state index in [-0.39, 0.29) is 0 Å². The summed E-state index contributed by atoms with van der Waals surface area (Å²) in [4.78, 5) is 2.45. The number of nitrogens with one attached hydrogen (secondary N) is 1. The Morgan fingerprint density at radius 3 is 2.43 bits per heavy atom. The molecule has 0 radical (unpaired) electrons. The van der Waals surface area contributed by atoms with E-state index in [9.17, 15) is 0 Å². The molecule has 1 unspecified atom stereocenters. The molecule has 14 heavy (non-hydrogen) atoms. The highest BCUT2D eigenvalue weighted by Gasteiger charge is 2.08. The SMILES string of the molecule is C=CCN(CCC(C)NCC)C(C)C. The molecule has 0 aromatic heterocycles.